The van der Waals surface area contributed by atoms with Crippen molar-refractivity contribution in [3.8, 4) is 5.75 Å². The van der Waals surface area contributed by atoms with Crippen molar-refractivity contribution in [2.24, 2.45) is 5.73 Å². The SMILES string of the molecule is NCCC(O)COc1ccc2ncccc2c1. The van der Waals surface area contributed by atoms with Crippen molar-refractivity contribution in [2.75, 3.05) is 13.2 Å². The molecule has 0 aliphatic heterocycles. The lowest BCUT2D eigenvalue weighted by Crippen LogP contribution is -2.21. The van der Waals surface area contributed by atoms with Crippen LogP contribution in [0.4, 0.5) is 0 Å². The lowest BCUT2D eigenvalue weighted by Gasteiger charge is -2.11. The maximum absolute atomic E-state index is 9.51. The van der Waals surface area contributed by atoms with Crippen LogP contribution in [-0.4, -0.2) is 29.3 Å². The highest BCUT2D eigenvalue weighted by Gasteiger charge is 2.04. The number of rotatable bonds is 5. The second kappa shape index (κ2) is 5.61. The molecule has 0 saturated heterocycles. The molecule has 2 rings (SSSR count). The summed E-state index contributed by atoms with van der Waals surface area (Å²) in [7, 11) is 0. The Balaban J connectivity index is 2.04. The molecule has 1 aromatic heterocycles. The molecule has 4 heteroatoms. The van der Waals surface area contributed by atoms with E-state index in [1.54, 1.807) is 6.20 Å². The number of aliphatic hydroxyl groups is 1. The average Bonchev–Trinajstić information content (AvgIpc) is 2.36. The number of fused-ring (bicyclic) bond motifs is 1. The molecule has 0 bridgehead atoms. The van der Waals surface area contributed by atoms with Crippen molar-refractivity contribution in [1.82, 2.24) is 4.98 Å². The van der Waals surface area contributed by atoms with Gasteiger partial charge in [-0.2, -0.15) is 0 Å². The molecule has 0 fully saturated rings. The van der Waals surface area contributed by atoms with Crippen molar-refractivity contribution in [1.29, 1.82) is 0 Å². The quantitative estimate of drug-likeness (QED) is 0.816. The van der Waals surface area contributed by atoms with Crippen LogP contribution in [-0.2, 0) is 0 Å². The van der Waals surface area contributed by atoms with Gasteiger partial charge in [-0.1, -0.05) is 6.07 Å². The molecule has 0 amide bonds. The summed E-state index contributed by atoms with van der Waals surface area (Å²) in [6.45, 7) is 0.731. The van der Waals surface area contributed by atoms with Gasteiger partial charge in [-0.3, -0.25) is 4.98 Å². The first-order chi connectivity index (χ1) is 8.29. The average molecular weight is 232 g/mol. The van der Waals surface area contributed by atoms with Crippen molar-refractivity contribution in [3.05, 3.63) is 36.5 Å². The molecule has 17 heavy (non-hydrogen) atoms. The zero-order valence-corrected chi connectivity index (χ0v) is 9.54. The predicted octanol–water partition coefficient (Wildman–Crippen LogP) is 1.32. The molecule has 90 valence electrons. The zero-order valence-electron chi connectivity index (χ0n) is 9.54. The van der Waals surface area contributed by atoms with Crippen molar-refractivity contribution in [3.63, 3.8) is 0 Å². The fourth-order valence-corrected chi connectivity index (χ4v) is 1.61. The van der Waals surface area contributed by atoms with E-state index < -0.39 is 6.10 Å². The van der Waals surface area contributed by atoms with Gasteiger partial charge in [-0.05, 0) is 37.2 Å². The Bertz CT molecular complexity index is 488. The Labute approximate surface area is 100 Å². The molecule has 0 spiro atoms. The molecule has 3 N–H and O–H groups in total. The monoisotopic (exact) mass is 232 g/mol. The summed E-state index contributed by atoms with van der Waals surface area (Å²) in [6, 6.07) is 9.53. The number of nitrogens with two attached hydrogens (primary N) is 1. The second-order valence-electron chi connectivity index (χ2n) is 3.90. The number of pyridine rings is 1. The van der Waals surface area contributed by atoms with Crippen LogP contribution in [0.1, 0.15) is 6.42 Å². The number of aliphatic hydroxyl groups excluding tert-OH is 1. The number of aromatic nitrogens is 1. The minimum atomic E-state index is -0.510. The Morgan fingerprint density at radius 1 is 1.35 bits per heavy atom. The largest absolute Gasteiger partial charge is 0.491 e. The summed E-state index contributed by atoms with van der Waals surface area (Å²) in [4.78, 5) is 4.23. The van der Waals surface area contributed by atoms with Crippen molar-refractivity contribution < 1.29 is 9.84 Å². The number of benzene rings is 1. The molecule has 1 heterocycles. The van der Waals surface area contributed by atoms with E-state index >= 15 is 0 Å². The lowest BCUT2D eigenvalue weighted by molar-refractivity contribution is 0.102. The van der Waals surface area contributed by atoms with E-state index in [1.165, 1.54) is 0 Å². The third-order valence-corrected chi connectivity index (χ3v) is 2.52. The topological polar surface area (TPSA) is 68.4 Å². The molecule has 1 aromatic carbocycles. The maximum Gasteiger partial charge on any atom is 0.120 e. The van der Waals surface area contributed by atoms with Crippen LogP contribution in [0.2, 0.25) is 0 Å². The van der Waals surface area contributed by atoms with Gasteiger partial charge in [-0.15, -0.1) is 0 Å². The van der Waals surface area contributed by atoms with Crippen molar-refractivity contribution >= 4 is 10.9 Å². The second-order valence-corrected chi connectivity index (χ2v) is 3.90. The minimum Gasteiger partial charge on any atom is -0.491 e. The Hall–Kier alpha value is -1.65. The van der Waals surface area contributed by atoms with Gasteiger partial charge < -0.3 is 15.6 Å². The van der Waals surface area contributed by atoms with E-state index in [4.69, 9.17) is 10.5 Å². The standard InChI is InChI=1S/C13H16N2O2/c14-6-5-11(16)9-17-12-3-4-13-10(8-12)2-1-7-15-13/h1-4,7-8,11,16H,5-6,9,14H2. The van der Waals surface area contributed by atoms with E-state index in [0.29, 0.717) is 13.0 Å². The lowest BCUT2D eigenvalue weighted by atomic mass is 10.2. The van der Waals surface area contributed by atoms with Crippen LogP contribution < -0.4 is 10.5 Å². The van der Waals surface area contributed by atoms with Crippen LogP contribution >= 0.6 is 0 Å². The molecular formula is C13H16N2O2. The Morgan fingerprint density at radius 3 is 3.06 bits per heavy atom. The first kappa shape index (κ1) is 11.8. The first-order valence-electron chi connectivity index (χ1n) is 5.65. The normalized spacial score (nSPS) is 12.6. The summed E-state index contributed by atoms with van der Waals surface area (Å²) in [5, 5.41) is 10.5. The van der Waals surface area contributed by atoms with Gasteiger partial charge >= 0.3 is 0 Å². The smallest absolute Gasteiger partial charge is 0.120 e. The highest BCUT2D eigenvalue weighted by atomic mass is 16.5. The fraction of sp³-hybridized carbons (Fsp3) is 0.308. The summed E-state index contributed by atoms with van der Waals surface area (Å²) >= 11 is 0. The van der Waals surface area contributed by atoms with Gasteiger partial charge in [0.1, 0.15) is 12.4 Å². The van der Waals surface area contributed by atoms with E-state index in [-0.39, 0.29) is 6.61 Å². The van der Waals surface area contributed by atoms with E-state index in [1.807, 2.05) is 30.3 Å². The molecule has 0 aliphatic carbocycles. The van der Waals surface area contributed by atoms with E-state index in [2.05, 4.69) is 4.98 Å². The summed E-state index contributed by atoms with van der Waals surface area (Å²) < 4.78 is 5.50. The molecule has 4 nitrogen and oxygen atoms in total. The van der Waals surface area contributed by atoms with Gasteiger partial charge in [0.25, 0.3) is 0 Å². The van der Waals surface area contributed by atoms with Crippen molar-refractivity contribution in [2.45, 2.75) is 12.5 Å². The van der Waals surface area contributed by atoms with E-state index in [0.717, 1.165) is 16.7 Å². The highest BCUT2D eigenvalue weighted by Crippen LogP contribution is 2.19. The number of hydrogen-bond donors (Lipinski definition) is 2. The molecule has 0 aliphatic rings. The summed E-state index contributed by atoms with van der Waals surface area (Å²) in [6.07, 6.45) is 1.80. The highest BCUT2D eigenvalue weighted by molar-refractivity contribution is 5.79. The summed E-state index contributed by atoms with van der Waals surface area (Å²) in [5.74, 6) is 0.738. The van der Waals surface area contributed by atoms with E-state index in [9.17, 15) is 5.11 Å². The third kappa shape index (κ3) is 3.15. The molecule has 2 aromatic rings. The molecule has 1 unspecified atom stereocenters. The first-order valence-corrected chi connectivity index (χ1v) is 5.65. The van der Waals surface area contributed by atoms with Crippen LogP contribution in [0.25, 0.3) is 10.9 Å². The zero-order chi connectivity index (χ0) is 12.1. The molecule has 1 atom stereocenters. The number of nitrogens with zero attached hydrogens (tertiary/aromatic N) is 1. The van der Waals surface area contributed by atoms with Gasteiger partial charge in [0.05, 0.1) is 11.6 Å². The molecular weight excluding hydrogens is 216 g/mol. The number of ether oxygens (including phenoxy) is 1. The molecule has 0 radical (unpaired) electrons. The van der Waals surface area contributed by atoms with Crippen LogP contribution in [0.3, 0.4) is 0 Å². The predicted molar refractivity (Wildman–Crippen MR) is 66.9 cm³/mol. The summed E-state index contributed by atoms with van der Waals surface area (Å²) in [5.41, 5.74) is 6.28. The van der Waals surface area contributed by atoms with Gasteiger partial charge in [0, 0.05) is 11.6 Å². The van der Waals surface area contributed by atoms with Gasteiger partial charge in [0.15, 0.2) is 0 Å². The maximum atomic E-state index is 9.51. The Morgan fingerprint density at radius 2 is 2.24 bits per heavy atom. The van der Waals surface area contributed by atoms with Crippen LogP contribution in [0.5, 0.6) is 5.75 Å². The molecule has 0 saturated carbocycles. The fourth-order valence-electron chi connectivity index (χ4n) is 1.61. The number of hydrogen-bond acceptors (Lipinski definition) is 4. The van der Waals surface area contributed by atoms with Crippen LogP contribution in [0.15, 0.2) is 36.5 Å². The third-order valence-electron chi connectivity index (χ3n) is 2.52. The Kier molecular flexibility index (Phi) is 3.90. The van der Waals surface area contributed by atoms with Gasteiger partial charge in [-0.25, -0.2) is 0 Å². The van der Waals surface area contributed by atoms with Crippen LogP contribution in [0, 0.1) is 0 Å². The van der Waals surface area contributed by atoms with Gasteiger partial charge in [0.2, 0.25) is 0 Å². The minimum absolute atomic E-state index is 0.267.